The normalized spacial score (nSPS) is 8.92. The number of anilines is 1. The second kappa shape index (κ2) is 4.92. The number of carbonyl (C=O) groups excluding carboxylic acids is 1. The molecule has 0 aromatic carbocycles. The Kier molecular flexibility index (Phi) is 3.50. The Morgan fingerprint density at radius 1 is 1.54 bits per heavy atom. The third kappa shape index (κ3) is 3.37. The van der Waals surface area contributed by atoms with Gasteiger partial charge in [-0.3, -0.25) is 4.98 Å². The van der Waals surface area contributed by atoms with Crippen molar-refractivity contribution in [3.8, 4) is 0 Å². The van der Waals surface area contributed by atoms with Crippen LogP contribution in [0.2, 0.25) is 0 Å². The van der Waals surface area contributed by atoms with Crippen molar-refractivity contribution in [1.82, 2.24) is 10.3 Å². The first-order valence-corrected chi connectivity index (χ1v) is 3.88. The lowest BCUT2D eigenvalue weighted by Crippen LogP contribution is -2.28. The van der Waals surface area contributed by atoms with Crippen molar-refractivity contribution >= 4 is 11.7 Å². The number of aromatic nitrogens is 1. The third-order valence-electron chi connectivity index (χ3n) is 1.35. The zero-order valence-electron chi connectivity index (χ0n) is 7.16. The molecule has 0 bridgehead atoms. The van der Waals surface area contributed by atoms with Gasteiger partial charge in [0.05, 0.1) is 0 Å². The smallest absolute Gasteiger partial charge is 0.319 e. The molecule has 0 saturated heterocycles. The zero-order chi connectivity index (χ0) is 9.52. The van der Waals surface area contributed by atoms with E-state index >= 15 is 0 Å². The quantitative estimate of drug-likeness (QED) is 0.685. The number of pyridine rings is 1. The molecule has 68 valence electrons. The summed E-state index contributed by atoms with van der Waals surface area (Å²) >= 11 is 0. The molecule has 4 nitrogen and oxygen atoms in total. The minimum Gasteiger partial charge on any atom is -0.334 e. The van der Waals surface area contributed by atoms with E-state index in [-0.39, 0.29) is 6.03 Å². The van der Waals surface area contributed by atoms with Crippen LogP contribution < -0.4 is 10.6 Å². The second-order valence-electron chi connectivity index (χ2n) is 2.36. The number of rotatable bonds is 3. The topological polar surface area (TPSA) is 54.0 Å². The fourth-order valence-electron chi connectivity index (χ4n) is 0.775. The van der Waals surface area contributed by atoms with Gasteiger partial charge in [0.2, 0.25) is 0 Å². The summed E-state index contributed by atoms with van der Waals surface area (Å²) in [5.41, 5.74) is 0.719. The van der Waals surface area contributed by atoms with Gasteiger partial charge in [-0.05, 0) is 12.1 Å². The molecule has 0 fully saturated rings. The number of urea groups is 1. The maximum atomic E-state index is 11.1. The Hall–Kier alpha value is -1.84. The summed E-state index contributed by atoms with van der Waals surface area (Å²) in [6, 6.07) is 3.19. The second-order valence-corrected chi connectivity index (χ2v) is 2.36. The van der Waals surface area contributed by atoms with Crippen LogP contribution in [0.5, 0.6) is 0 Å². The van der Waals surface area contributed by atoms with Gasteiger partial charge in [-0.1, -0.05) is 6.08 Å². The minimum absolute atomic E-state index is 0.244. The summed E-state index contributed by atoms with van der Waals surface area (Å²) in [4.78, 5) is 14.9. The van der Waals surface area contributed by atoms with E-state index in [1.807, 2.05) is 0 Å². The van der Waals surface area contributed by atoms with Gasteiger partial charge in [0.1, 0.15) is 0 Å². The van der Waals surface area contributed by atoms with Crippen LogP contribution in [0, 0.1) is 0 Å². The molecule has 0 aliphatic rings. The van der Waals surface area contributed by atoms with Crippen molar-refractivity contribution in [3.05, 3.63) is 37.2 Å². The number of hydrogen-bond acceptors (Lipinski definition) is 2. The van der Waals surface area contributed by atoms with E-state index in [4.69, 9.17) is 0 Å². The molecule has 1 rings (SSSR count). The SMILES string of the molecule is C=CCNC(=O)Nc1ccncc1. The van der Waals surface area contributed by atoms with E-state index < -0.39 is 0 Å². The van der Waals surface area contributed by atoms with Crippen LogP contribution in [0.3, 0.4) is 0 Å². The van der Waals surface area contributed by atoms with Crippen LogP contribution in [-0.4, -0.2) is 17.6 Å². The van der Waals surface area contributed by atoms with E-state index in [0.29, 0.717) is 6.54 Å². The maximum Gasteiger partial charge on any atom is 0.319 e. The Labute approximate surface area is 76.7 Å². The fourth-order valence-corrected chi connectivity index (χ4v) is 0.775. The standard InChI is InChI=1S/C9H11N3O/c1-2-5-11-9(13)12-8-3-6-10-7-4-8/h2-4,6-7H,1,5H2,(H2,10,11,12,13). The summed E-state index contributed by atoms with van der Waals surface area (Å²) in [5.74, 6) is 0. The van der Waals surface area contributed by atoms with Gasteiger partial charge in [0.15, 0.2) is 0 Å². The van der Waals surface area contributed by atoms with E-state index in [2.05, 4.69) is 22.2 Å². The molecule has 0 spiro atoms. The number of amides is 2. The molecule has 0 unspecified atom stereocenters. The highest BCUT2D eigenvalue weighted by molar-refractivity contribution is 5.89. The first-order valence-electron chi connectivity index (χ1n) is 3.88. The highest BCUT2D eigenvalue weighted by Crippen LogP contribution is 2.01. The summed E-state index contributed by atoms with van der Waals surface area (Å²) < 4.78 is 0. The fraction of sp³-hybridized carbons (Fsp3) is 0.111. The van der Waals surface area contributed by atoms with Crippen LogP contribution in [0.1, 0.15) is 0 Å². The first kappa shape index (κ1) is 9.25. The van der Waals surface area contributed by atoms with Gasteiger partial charge in [0.25, 0.3) is 0 Å². The molecule has 1 aromatic rings. The lowest BCUT2D eigenvalue weighted by molar-refractivity contribution is 0.253. The molecule has 2 N–H and O–H groups in total. The summed E-state index contributed by atoms with van der Waals surface area (Å²) in [6.45, 7) is 3.94. The Morgan fingerprint density at radius 3 is 2.85 bits per heavy atom. The molecule has 1 heterocycles. The van der Waals surface area contributed by atoms with Crippen LogP contribution in [0.25, 0.3) is 0 Å². The third-order valence-corrected chi connectivity index (χ3v) is 1.35. The lowest BCUT2D eigenvalue weighted by Gasteiger charge is -2.04. The predicted octanol–water partition coefficient (Wildman–Crippen LogP) is 1.39. The van der Waals surface area contributed by atoms with Crippen LogP contribution >= 0.6 is 0 Å². The average Bonchev–Trinajstić information content (AvgIpc) is 2.16. The van der Waals surface area contributed by atoms with Gasteiger partial charge >= 0.3 is 6.03 Å². The molecule has 4 heteroatoms. The van der Waals surface area contributed by atoms with E-state index in [9.17, 15) is 4.79 Å². The Morgan fingerprint density at radius 2 is 2.23 bits per heavy atom. The van der Waals surface area contributed by atoms with Crippen molar-refractivity contribution in [1.29, 1.82) is 0 Å². The van der Waals surface area contributed by atoms with Crippen LogP contribution in [0.4, 0.5) is 10.5 Å². The van der Waals surface area contributed by atoms with Gasteiger partial charge in [-0.2, -0.15) is 0 Å². The summed E-state index contributed by atoms with van der Waals surface area (Å²) in [6.07, 6.45) is 4.85. The zero-order valence-corrected chi connectivity index (χ0v) is 7.16. The van der Waals surface area contributed by atoms with Crippen molar-refractivity contribution in [2.45, 2.75) is 0 Å². The summed E-state index contributed by atoms with van der Waals surface area (Å²) in [7, 11) is 0. The Bertz CT molecular complexity index is 284. The number of carbonyl (C=O) groups is 1. The predicted molar refractivity (Wildman–Crippen MR) is 51.5 cm³/mol. The van der Waals surface area contributed by atoms with Gasteiger partial charge in [-0.15, -0.1) is 6.58 Å². The van der Waals surface area contributed by atoms with Crippen LogP contribution in [-0.2, 0) is 0 Å². The highest BCUT2D eigenvalue weighted by Gasteiger charge is 1.97. The van der Waals surface area contributed by atoms with Crippen molar-refractivity contribution in [2.75, 3.05) is 11.9 Å². The number of nitrogens with zero attached hydrogens (tertiary/aromatic N) is 1. The molecule has 0 saturated carbocycles. The van der Waals surface area contributed by atoms with Gasteiger partial charge in [0, 0.05) is 24.6 Å². The highest BCUT2D eigenvalue weighted by atomic mass is 16.2. The minimum atomic E-state index is -0.244. The Balaban J connectivity index is 2.41. The molecule has 0 aliphatic heterocycles. The van der Waals surface area contributed by atoms with Crippen molar-refractivity contribution in [3.63, 3.8) is 0 Å². The maximum absolute atomic E-state index is 11.1. The van der Waals surface area contributed by atoms with E-state index in [1.54, 1.807) is 30.6 Å². The largest absolute Gasteiger partial charge is 0.334 e. The molecule has 2 amide bonds. The van der Waals surface area contributed by atoms with Gasteiger partial charge in [-0.25, -0.2) is 4.79 Å². The molecule has 0 aliphatic carbocycles. The van der Waals surface area contributed by atoms with Crippen molar-refractivity contribution in [2.24, 2.45) is 0 Å². The average molecular weight is 177 g/mol. The molecule has 0 atom stereocenters. The van der Waals surface area contributed by atoms with E-state index in [1.165, 1.54) is 0 Å². The molecule has 13 heavy (non-hydrogen) atoms. The van der Waals surface area contributed by atoms with Crippen LogP contribution in [0.15, 0.2) is 37.2 Å². The summed E-state index contributed by atoms with van der Waals surface area (Å²) in [5, 5.41) is 5.23. The molecule has 1 aromatic heterocycles. The molecule has 0 radical (unpaired) electrons. The van der Waals surface area contributed by atoms with E-state index in [0.717, 1.165) is 5.69 Å². The number of hydrogen-bond donors (Lipinski definition) is 2. The number of nitrogens with one attached hydrogen (secondary N) is 2. The van der Waals surface area contributed by atoms with Crippen molar-refractivity contribution < 1.29 is 4.79 Å². The monoisotopic (exact) mass is 177 g/mol. The van der Waals surface area contributed by atoms with Gasteiger partial charge < -0.3 is 10.6 Å². The molecular formula is C9H11N3O. The lowest BCUT2D eigenvalue weighted by atomic mass is 10.4. The first-order chi connectivity index (χ1) is 6.33. The molecular weight excluding hydrogens is 166 g/mol.